The number of carbonyl (C=O) groups is 1. The quantitative estimate of drug-likeness (QED) is 0.608. The first-order chi connectivity index (χ1) is 14.2. The maximum atomic E-state index is 13.4. The fraction of sp³-hybridized carbons (Fsp3) is 0.320. The van der Waals surface area contributed by atoms with Gasteiger partial charge >= 0.3 is 0 Å². The molecule has 1 aliphatic carbocycles. The Morgan fingerprint density at radius 2 is 1.69 bits per heavy atom. The summed E-state index contributed by atoms with van der Waals surface area (Å²) in [6.07, 6.45) is 10.8. The van der Waals surface area contributed by atoms with Gasteiger partial charge in [0.15, 0.2) is 5.50 Å². The average Bonchev–Trinajstić information content (AvgIpc) is 3.05. The Labute approximate surface area is 177 Å². The molecular formula is C25H28N2OS. The summed E-state index contributed by atoms with van der Waals surface area (Å²) in [4.78, 5) is 16.3. The number of hydrogen-bond donors (Lipinski definition) is 1. The first-order valence-electron chi connectivity index (χ1n) is 10.5. The number of thioether (sulfide) groups is 1. The van der Waals surface area contributed by atoms with Crippen LogP contribution in [0, 0.1) is 5.92 Å². The lowest BCUT2D eigenvalue weighted by Gasteiger charge is -2.39. The number of hydrogen-bond acceptors (Lipinski definition) is 3. The van der Waals surface area contributed by atoms with Gasteiger partial charge in [0, 0.05) is 11.7 Å². The summed E-state index contributed by atoms with van der Waals surface area (Å²) in [7, 11) is 0. The van der Waals surface area contributed by atoms with E-state index in [1.54, 1.807) is 11.8 Å². The molecule has 4 rings (SSSR count). The molecule has 1 heterocycles. The summed E-state index contributed by atoms with van der Waals surface area (Å²) >= 11 is 1.63. The van der Waals surface area contributed by atoms with Crippen molar-refractivity contribution in [3.63, 3.8) is 0 Å². The zero-order valence-electron chi connectivity index (χ0n) is 16.8. The number of allylic oxidation sites excluding steroid dienone is 2. The van der Waals surface area contributed by atoms with E-state index < -0.39 is 0 Å². The number of nitrogens with one attached hydrogen (secondary N) is 1. The van der Waals surface area contributed by atoms with Crippen molar-refractivity contribution in [1.29, 1.82) is 0 Å². The average molecular weight is 405 g/mol. The Bertz CT molecular complexity index is 878. The zero-order valence-corrected chi connectivity index (χ0v) is 17.6. The van der Waals surface area contributed by atoms with Crippen LogP contribution in [-0.2, 0) is 4.79 Å². The molecule has 4 heteroatoms. The van der Waals surface area contributed by atoms with Crippen LogP contribution in [-0.4, -0.2) is 22.3 Å². The Kier molecular flexibility index (Phi) is 6.40. The summed E-state index contributed by atoms with van der Waals surface area (Å²) in [6.45, 7) is 2.29. The summed E-state index contributed by atoms with van der Waals surface area (Å²) in [5.41, 5.74) is 2.12. The van der Waals surface area contributed by atoms with Gasteiger partial charge in [-0.25, -0.2) is 0 Å². The molecule has 1 saturated heterocycles. The third-order valence-electron chi connectivity index (χ3n) is 5.76. The molecule has 29 heavy (non-hydrogen) atoms. The van der Waals surface area contributed by atoms with E-state index in [2.05, 4.69) is 41.4 Å². The maximum absolute atomic E-state index is 13.4. The molecular weight excluding hydrogens is 376 g/mol. The van der Waals surface area contributed by atoms with Crippen LogP contribution in [0.15, 0.2) is 77.7 Å². The standard InChI is InChI=1S/C25H28N2OS/c1-19-11-8-9-17-22(19)27-24(28)23(18-10-14-20-12-4-2-5-13-20)29-25(27)26-21-15-6-3-7-16-21/h2-7,10,12-16,18-19,22,25-26H,8-9,11,17H2,1H3/b14-10+,23-18-/t19-,22-,25?/m0/s1. The van der Waals surface area contributed by atoms with Gasteiger partial charge in [-0.15, -0.1) is 0 Å². The predicted molar refractivity (Wildman–Crippen MR) is 123 cm³/mol. The van der Waals surface area contributed by atoms with E-state index in [1.807, 2.05) is 54.6 Å². The van der Waals surface area contributed by atoms with E-state index in [4.69, 9.17) is 0 Å². The third-order valence-corrected chi connectivity index (χ3v) is 6.89. The van der Waals surface area contributed by atoms with Crippen molar-refractivity contribution in [3.05, 3.63) is 83.3 Å². The molecule has 1 N–H and O–H groups in total. The van der Waals surface area contributed by atoms with E-state index in [0.29, 0.717) is 12.0 Å². The van der Waals surface area contributed by atoms with Gasteiger partial charge < -0.3 is 10.2 Å². The second-order valence-corrected chi connectivity index (χ2v) is 8.94. The largest absolute Gasteiger partial charge is 0.356 e. The summed E-state index contributed by atoms with van der Waals surface area (Å²) in [6, 6.07) is 20.7. The van der Waals surface area contributed by atoms with E-state index in [-0.39, 0.29) is 11.4 Å². The van der Waals surface area contributed by atoms with E-state index >= 15 is 0 Å². The lowest BCUT2D eigenvalue weighted by molar-refractivity contribution is -0.129. The second kappa shape index (κ2) is 9.36. The van der Waals surface area contributed by atoms with Gasteiger partial charge in [0.25, 0.3) is 5.91 Å². The molecule has 150 valence electrons. The minimum absolute atomic E-state index is 0.0631. The molecule has 1 amide bonds. The highest BCUT2D eigenvalue weighted by Crippen LogP contribution is 2.41. The molecule has 2 aromatic rings. The molecule has 0 aromatic heterocycles. The Morgan fingerprint density at radius 1 is 1.00 bits per heavy atom. The number of benzene rings is 2. The monoisotopic (exact) mass is 404 g/mol. The van der Waals surface area contributed by atoms with E-state index in [1.165, 1.54) is 19.3 Å². The maximum Gasteiger partial charge on any atom is 0.262 e. The Balaban J connectivity index is 1.57. The molecule has 1 aliphatic heterocycles. The van der Waals surface area contributed by atoms with Crippen molar-refractivity contribution in [1.82, 2.24) is 4.90 Å². The van der Waals surface area contributed by atoms with Crippen LogP contribution >= 0.6 is 11.8 Å². The zero-order chi connectivity index (χ0) is 20.1. The normalized spacial score (nSPS) is 26.4. The minimum Gasteiger partial charge on any atom is -0.356 e. The van der Waals surface area contributed by atoms with Crippen LogP contribution < -0.4 is 5.32 Å². The summed E-state index contributed by atoms with van der Waals surface area (Å²) < 4.78 is 0. The summed E-state index contributed by atoms with van der Waals surface area (Å²) in [5.74, 6) is 0.687. The summed E-state index contributed by atoms with van der Waals surface area (Å²) in [5, 5.41) is 3.58. The van der Waals surface area contributed by atoms with Crippen LogP contribution in [0.1, 0.15) is 38.2 Å². The number of para-hydroxylation sites is 1. The van der Waals surface area contributed by atoms with Crippen LogP contribution in [0.3, 0.4) is 0 Å². The molecule has 3 atom stereocenters. The predicted octanol–water partition coefficient (Wildman–Crippen LogP) is 6.13. The third kappa shape index (κ3) is 4.76. The van der Waals surface area contributed by atoms with Crippen LogP contribution in [0.25, 0.3) is 6.08 Å². The second-order valence-electron chi connectivity index (χ2n) is 7.82. The Hall–Kier alpha value is -2.46. The molecule has 0 bridgehead atoms. The molecule has 1 unspecified atom stereocenters. The van der Waals surface area contributed by atoms with E-state index in [9.17, 15) is 4.79 Å². The van der Waals surface area contributed by atoms with Crippen molar-refractivity contribution in [2.45, 2.75) is 44.1 Å². The van der Waals surface area contributed by atoms with Crippen molar-refractivity contribution in [2.24, 2.45) is 5.92 Å². The smallest absolute Gasteiger partial charge is 0.262 e. The Morgan fingerprint density at radius 3 is 2.41 bits per heavy atom. The number of carbonyl (C=O) groups excluding carboxylic acids is 1. The van der Waals surface area contributed by atoms with Gasteiger partial charge in [0.2, 0.25) is 0 Å². The van der Waals surface area contributed by atoms with E-state index in [0.717, 1.165) is 22.6 Å². The lowest BCUT2D eigenvalue weighted by Crippen LogP contribution is -2.48. The van der Waals surface area contributed by atoms with Gasteiger partial charge in [0.1, 0.15) is 0 Å². The first kappa shape index (κ1) is 19.8. The van der Waals surface area contributed by atoms with Crippen molar-refractivity contribution in [3.8, 4) is 0 Å². The SMILES string of the molecule is C[C@H]1CCCC[C@@H]1N1C(=O)/C(=C/C=C/c2ccccc2)SC1Nc1ccccc1. The number of nitrogens with zero attached hydrogens (tertiary/aromatic N) is 1. The molecule has 3 nitrogen and oxygen atoms in total. The first-order valence-corrected chi connectivity index (χ1v) is 11.3. The van der Waals surface area contributed by atoms with Crippen molar-refractivity contribution < 1.29 is 4.79 Å². The van der Waals surface area contributed by atoms with Crippen LogP contribution in [0.5, 0.6) is 0 Å². The van der Waals surface area contributed by atoms with Gasteiger partial charge in [-0.1, -0.05) is 92.2 Å². The molecule has 0 spiro atoms. The van der Waals surface area contributed by atoms with Crippen molar-refractivity contribution >= 4 is 29.4 Å². The van der Waals surface area contributed by atoms with Gasteiger partial charge in [-0.05, 0) is 42.5 Å². The lowest BCUT2D eigenvalue weighted by atomic mass is 9.85. The molecule has 1 saturated carbocycles. The van der Waals surface area contributed by atoms with Gasteiger partial charge in [-0.2, -0.15) is 0 Å². The molecule has 0 radical (unpaired) electrons. The van der Waals surface area contributed by atoms with Crippen LogP contribution in [0.4, 0.5) is 5.69 Å². The van der Waals surface area contributed by atoms with Crippen LogP contribution in [0.2, 0.25) is 0 Å². The highest BCUT2D eigenvalue weighted by molar-refractivity contribution is 8.05. The number of anilines is 1. The topological polar surface area (TPSA) is 32.3 Å². The molecule has 2 fully saturated rings. The van der Waals surface area contributed by atoms with Gasteiger partial charge in [-0.3, -0.25) is 4.79 Å². The fourth-order valence-corrected chi connectivity index (χ4v) is 5.36. The minimum atomic E-state index is -0.0631. The highest BCUT2D eigenvalue weighted by atomic mass is 32.2. The van der Waals surface area contributed by atoms with Crippen molar-refractivity contribution in [2.75, 3.05) is 5.32 Å². The van der Waals surface area contributed by atoms with Gasteiger partial charge in [0.05, 0.1) is 4.91 Å². The number of rotatable bonds is 5. The fourth-order valence-electron chi connectivity index (χ4n) is 4.19. The highest BCUT2D eigenvalue weighted by Gasteiger charge is 2.42. The molecule has 2 aromatic carbocycles. The number of amides is 1. The molecule has 2 aliphatic rings.